The highest BCUT2D eigenvalue weighted by Crippen LogP contribution is 2.43. The third-order valence-electron chi connectivity index (χ3n) is 3.98. The highest BCUT2D eigenvalue weighted by atomic mass is 79.9. The quantitative estimate of drug-likeness (QED) is 0.594. The molecule has 0 atom stereocenters. The van der Waals surface area contributed by atoms with Gasteiger partial charge in [0.25, 0.3) is 0 Å². The van der Waals surface area contributed by atoms with Gasteiger partial charge in [-0.1, -0.05) is 15.9 Å². The van der Waals surface area contributed by atoms with Gasteiger partial charge >= 0.3 is 12.3 Å². The summed E-state index contributed by atoms with van der Waals surface area (Å²) in [6, 6.07) is 4.73. The van der Waals surface area contributed by atoms with E-state index < -0.39 is 24.5 Å². The van der Waals surface area contributed by atoms with Crippen molar-refractivity contribution in [3.05, 3.63) is 28.2 Å². The van der Waals surface area contributed by atoms with E-state index in [9.17, 15) is 18.0 Å². The van der Waals surface area contributed by atoms with Crippen LogP contribution in [0.4, 0.5) is 18.0 Å². The maximum atomic E-state index is 12.6. The Morgan fingerprint density at radius 1 is 1.27 bits per heavy atom. The van der Waals surface area contributed by atoms with Crippen molar-refractivity contribution in [2.24, 2.45) is 0 Å². The van der Waals surface area contributed by atoms with Crippen LogP contribution >= 0.6 is 15.9 Å². The second kappa shape index (κ2) is 7.29. The molecular formula is C18H23BrF3NO3. The average molecular weight is 438 g/mol. The minimum absolute atomic E-state index is 0.100. The van der Waals surface area contributed by atoms with Gasteiger partial charge in [-0.15, -0.1) is 0 Å². The largest absolute Gasteiger partial charge is 0.484 e. The van der Waals surface area contributed by atoms with Crippen molar-refractivity contribution in [1.82, 2.24) is 4.90 Å². The fourth-order valence-corrected chi connectivity index (χ4v) is 2.79. The van der Waals surface area contributed by atoms with Crippen LogP contribution in [0.25, 0.3) is 0 Å². The van der Waals surface area contributed by atoms with Crippen molar-refractivity contribution in [1.29, 1.82) is 0 Å². The molecule has 146 valence electrons. The van der Waals surface area contributed by atoms with Crippen LogP contribution in [0, 0.1) is 0 Å². The molecule has 8 heteroatoms. The Hall–Kier alpha value is -1.44. The molecular weight excluding hydrogens is 415 g/mol. The van der Waals surface area contributed by atoms with Crippen molar-refractivity contribution >= 4 is 22.0 Å². The first-order chi connectivity index (χ1) is 11.8. The van der Waals surface area contributed by atoms with Crippen molar-refractivity contribution in [3.63, 3.8) is 0 Å². The number of halogens is 4. The molecule has 1 aromatic carbocycles. The molecule has 0 saturated heterocycles. The SMILES string of the molecule is CC(C)(C)OC(=O)N(Cc1cc(Br)ccc1OCC(F)(F)F)C1(C)CC1. The van der Waals surface area contributed by atoms with Crippen LogP contribution in [-0.4, -0.2) is 34.9 Å². The topological polar surface area (TPSA) is 38.8 Å². The molecule has 0 aromatic heterocycles. The number of carbonyl (C=O) groups excluding carboxylic acids is 1. The van der Waals surface area contributed by atoms with E-state index in [1.807, 2.05) is 6.92 Å². The fourth-order valence-electron chi connectivity index (χ4n) is 2.39. The summed E-state index contributed by atoms with van der Waals surface area (Å²) in [7, 11) is 0. The van der Waals surface area contributed by atoms with Crippen molar-refractivity contribution < 1.29 is 27.4 Å². The van der Waals surface area contributed by atoms with Crippen LogP contribution in [0.5, 0.6) is 5.75 Å². The third kappa shape index (κ3) is 6.07. The summed E-state index contributed by atoms with van der Waals surface area (Å²) >= 11 is 3.32. The molecule has 1 aliphatic carbocycles. The molecule has 2 rings (SSSR count). The molecule has 0 aliphatic heterocycles. The Morgan fingerprint density at radius 2 is 1.88 bits per heavy atom. The molecule has 4 nitrogen and oxygen atoms in total. The third-order valence-corrected chi connectivity index (χ3v) is 4.47. The molecule has 1 fully saturated rings. The van der Waals surface area contributed by atoms with Gasteiger partial charge in [-0.25, -0.2) is 4.79 Å². The van der Waals surface area contributed by atoms with E-state index in [1.165, 1.54) is 6.07 Å². The molecule has 1 amide bonds. The number of ether oxygens (including phenoxy) is 2. The highest BCUT2D eigenvalue weighted by molar-refractivity contribution is 9.10. The summed E-state index contributed by atoms with van der Waals surface area (Å²) < 4.78 is 48.6. The number of nitrogens with zero attached hydrogens (tertiary/aromatic N) is 1. The average Bonchev–Trinajstić information content (AvgIpc) is 3.19. The van der Waals surface area contributed by atoms with Crippen molar-refractivity contribution in [2.45, 2.75) is 64.4 Å². The fraction of sp³-hybridized carbons (Fsp3) is 0.611. The predicted molar refractivity (Wildman–Crippen MR) is 95.1 cm³/mol. The summed E-state index contributed by atoms with van der Waals surface area (Å²) in [6.45, 7) is 5.98. The number of alkyl halides is 3. The van der Waals surface area contributed by atoms with E-state index in [0.29, 0.717) is 10.0 Å². The van der Waals surface area contributed by atoms with Crippen LogP contribution in [-0.2, 0) is 11.3 Å². The first kappa shape index (κ1) is 20.9. The maximum Gasteiger partial charge on any atom is 0.422 e. The lowest BCUT2D eigenvalue weighted by molar-refractivity contribution is -0.153. The maximum absolute atomic E-state index is 12.6. The van der Waals surface area contributed by atoms with Crippen LogP contribution in [0.3, 0.4) is 0 Å². The van der Waals surface area contributed by atoms with Crippen molar-refractivity contribution in [3.8, 4) is 5.75 Å². The van der Waals surface area contributed by atoms with E-state index in [0.717, 1.165) is 12.8 Å². The van der Waals surface area contributed by atoms with E-state index in [1.54, 1.807) is 37.8 Å². The van der Waals surface area contributed by atoms with Gasteiger partial charge in [0.15, 0.2) is 6.61 Å². The van der Waals surface area contributed by atoms with Gasteiger partial charge in [-0.05, 0) is 58.7 Å². The van der Waals surface area contributed by atoms with E-state index in [4.69, 9.17) is 9.47 Å². The van der Waals surface area contributed by atoms with Crippen LogP contribution < -0.4 is 4.74 Å². The number of rotatable bonds is 5. The zero-order valence-electron chi connectivity index (χ0n) is 15.2. The van der Waals surface area contributed by atoms with Crippen LogP contribution in [0.2, 0.25) is 0 Å². The Bertz CT molecular complexity index is 667. The Kier molecular flexibility index (Phi) is 5.85. The Balaban J connectivity index is 2.24. The van der Waals surface area contributed by atoms with Gasteiger partial charge < -0.3 is 9.47 Å². The second-order valence-electron chi connectivity index (χ2n) is 7.72. The van der Waals surface area contributed by atoms with Gasteiger partial charge in [-0.2, -0.15) is 13.2 Å². The zero-order chi connectivity index (χ0) is 19.8. The van der Waals surface area contributed by atoms with Gasteiger partial charge in [0.1, 0.15) is 11.4 Å². The summed E-state index contributed by atoms with van der Waals surface area (Å²) in [4.78, 5) is 14.2. The number of hydrogen-bond donors (Lipinski definition) is 0. The smallest absolute Gasteiger partial charge is 0.422 e. The van der Waals surface area contributed by atoms with Crippen LogP contribution in [0.15, 0.2) is 22.7 Å². The summed E-state index contributed by atoms with van der Waals surface area (Å²) in [5.74, 6) is 0.100. The summed E-state index contributed by atoms with van der Waals surface area (Å²) in [6.07, 6.45) is -3.28. The molecule has 1 aliphatic rings. The van der Waals surface area contributed by atoms with Gasteiger partial charge in [0.05, 0.1) is 6.54 Å². The van der Waals surface area contributed by atoms with E-state index in [-0.39, 0.29) is 17.8 Å². The summed E-state index contributed by atoms with van der Waals surface area (Å²) in [5.41, 5.74) is -0.526. The minimum Gasteiger partial charge on any atom is -0.484 e. The lowest BCUT2D eigenvalue weighted by Crippen LogP contribution is -2.43. The Morgan fingerprint density at radius 3 is 2.38 bits per heavy atom. The molecule has 0 bridgehead atoms. The first-order valence-corrected chi connectivity index (χ1v) is 9.07. The van der Waals surface area contributed by atoms with E-state index >= 15 is 0 Å². The summed E-state index contributed by atoms with van der Waals surface area (Å²) in [5, 5.41) is 0. The second-order valence-corrected chi connectivity index (χ2v) is 8.64. The molecule has 0 radical (unpaired) electrons. The predicted octanol–water partition coefficient (Wildman–Crippen LogP) is 5.68. The molecule has 1 saturated carbocycles. The number of benzene rings is 1. The normalized spacial score (nSPS) is 16.2. The van der Waals surface area contributed by atoms with E-state index in [2.05, 4.69) is 15.9 Å². The van der Waals surface area contributed by atoms with Crippen LogP contribution in [0.1, 0.15) is 46.1 Å². The first-order valence-electron chi connectivity index (χ1n) is 8.28. The number of amides is 1. The monoisotopic (exact) mass is 437 g/mol. The molecule has 0 spiro atoms. The van der Waals surface area contributed by atoms with Gasteiger partial charge in [0.2, 0.25) is 0 Å². The number of carbonyl (C=O) groups is 1. The molecule has 1 aromatic rings. The standard InChI is InChI=1S/C18H23BrF3NO3/c1-16(2,3)26-15(24)23(17(4)7-8-17)10-12-9-13(19)5-6-14(12)25-11-18(20,21)22/h5-6,9H,7-8,10-11H2,1-4H3. The molecule has 0 heterocycles. The highest BCUT2D eigenvalue weighted by Gasteiger charge is 2.47. The lowest BCUT2D eigenvalue weighted by Gasteiger charge is -2.32. The molecule has 0 N–H and O–H groups in total. The minimum atomic E-state index is -4.43. The number of hydrogen-bond acceptors (Lipinski definition) is 3. The Labute approximate surface area is 159 Å². The van der Waals surface area contributed by atoms with Crippen molar-refractivity contribution in [2.75, 3.05) is 6.61 Å². The van der Waals surface area contributed by atoms with Gasteiger partial charge in [0, 0.05) is 15.6 Å². The zero-order valence-corrected chi connectivity index (χ0v) is 16.8. The van der Waals surface area contributed by atoms with Gasteiger partial charge in [-0.3, -0.25) is 4.90 Å². The molecule has 0 unspecified atom stereocenters. The molecule has 26 heavy (non-hydrogen) atoms. The lowest BCUT2D eigenvalue weighted by atomic mass is 10.1.